The summed E-state index contributed by atoms with van der Waals surface area (Å²) in [5.41, 5.74) is 1.52. The quantitative estimate of drug-likeness (QED) is 0.686. The molecule has 0 bridgehead atoms. The Hall–Kier alpha value is -3.35. The van der Waals surface area contributed by atoms with Gasteiger partial charge in [0.25, 0.3) is 0 Å². The maximum atomic E-state index is 13.7. The van der Waals surface area contributed by atoms with Crippen LogP contribution in [0.15, 0.2) is 48.5 Å². The number of aryl methyl sites for hydroxylation is 1. The van der Waals surface area contributed by atoms with Gasteiger partial charge in [0.05, 0.1) is 0 Å². The summed E-state index contributed by atoms with van der Waals surface area (Å²) in [5, 5.41) is 6.47. The van der Waals surface area contributed by atoms with E-state index >= 15 is 0 Å². The Labute approximate surface area is 156 Å². The van der Waals surface area contributed by atoms with Gasteiger partial charge in [-0.05, 0) is 37.1 Å². The van der Waals surface area contributed by atoms with Crippen molar-refractivity contribution in [3.63, 3.8) is 0 Å². The Kier molecular flexibility index (Phi) is 4.74. The summed E-state index contributed by atoms with van der Waals surface area (Å²) in [7, 11) is 0. The van der Waals surface area contributed by atoms with Crippen molar-refractivity contribution in [3.05, 3.63) is 65.7 Å². The van der Waals surface area contributed by atoms with E-state index in [2.05, 4.69) is 20.6 Å². The van der Waals surface area contributed by atoms with E-state index in [0.717, 1.165) is 11.4 Å². The lowest BCUT2D eigenvalue weighted by atomic mass is 10.1. The molecule has 0 fully saturated rings. The summed E-state index contributed by atoms with van der Waals surface area (Å²) in [6.45, 7) is 2.63. The van der Waals surface area contributed by atoms with E-state index in [1.807, 2.05) is 37.3 Å². The van der Waals surface area contributed by atoms with Gasteiger partial charge in [-0.15, -0.1) is 0 Å². The highest BCUT2D eigenvalue weighted by Gasteiger charge is 2.13. The van der Waals surface area contributed by atoms with Gasteiger partial charge in [-0.2, -0.15) is 0 Å². The molecular weight excluding hydrogens is 347 g/mol. The number of rotatable bonds is 6. The number of hydrogen-bond acceptors (Lipinski definition) is 6. The third-order valence-electron chi connectivity index (χ3n) is 4.14. The molecular formula is C20H19FN4O2. The Morgan fingerprint density at radius 1 is 1.00 bits per heavy atom. The van der Waals surface area contributed by atoms with Crippen LogP contribution in [-0.4, -0.2) is 23.3 Å². The minimum Gasteiger partial charge on any atom is -0.454 e. The zero-order chi connectivity index (χ0) is 18.6. The van der Waals surface area contributed by atoms with Gasteiger partial charge >= 0.3 is 0 Å². The fraction of sp³-hybridized carbons (Fsp3) is 0.200. The molecule has 1 aliphatic heterocycles. The molecule has 2 N–H and O–H groups in total. The highest BCUT2D eigenvalue weighted by atomic mass is 19.1. The Balaban J connectivity index is 1.43. The highest BCUT2D eigenvalue weighted by molar-refractivity contribution is 5.63. The van der Waals surface area contributed by atoms with Gasteiger partial charge in [-0.25, -0.2) is 14.4 Å². The van der Waals surface area contributed by atoms with E-state index < -0.39 is 0 Å². The van der Waals surface area contributed by atoms with Crippen LogP contribution in [0.1, 0.15) is 11.4 Å². The summed E-state index contributed by atoms with van der Waals surface area (Å²) in [4.78, 5) is 8.79. The van der Waals surface area contributed by atoms with Gasteiger partial charge in [-0.1, -0.05) is 18.2 Å². The molecule has 0 unspecified atom stereocenters. The zero-order valence-corrected chi connectivity index (χ0v) is 14.8. The first-order chi connectivity index (χ1) is 13.2. The number of nitrogens with one attached hydrogen (secondary N) is 2. The van der Waals surface area contributed by atoms with E-state index in [-0.39, 0.29) is 12.6 Å². The molecule has 2 aromatic carbocycles. The molecule has 2 heterocycles. The van der Waals surface area contributed by atoms with Crippen LogP contribution in [0.4, 0.5) is 21.7 Å². The molecule has 0 atom stereocenters. The lowest BCUT2D eigenvalue weighted by Gasteiger charge is -2.11. The number of anilines is 3. The van der Waals surface area contributed by atoms with Crippen LogP contribution in [-0.2, 0) is 6.42 Å². The third kappa shape index (κ3) is 4.08. The first-order valence-electron chi connectivity index (χ1n) is 8.67. The molecule has 0 radical (unpaired) electrons. The Morgan fingerprint density at radius 2 is 1.81 bits per heavy atom. The largest absolute Gasteiger partial charge is 0.454 e. The van der Waals surface area contributed by atoms with Crippen LogP contribution in [0.5, 0.6) is 11.5 Å². The molecule has 27 heavy (non-hydrogen) atoms. The molecule has 138 valence electrons. The first-order valence-corrected chi connectivity index (χ1v) is 8.67. The number of halogens is 1. The van der Waals surface area contributed by atoms with Gasteiger partial charge < -0.3 is 20.1 Å². The molecule has 0 saturated heterocycles. The van der Waals surface area contributed by atoms with Crippen molar-refractivity contribution < 1.29 is 13.9 Å². The van der Waals surface area contributed by atoms with Crippen molar-refractivity contribution in [2.45, 2.75) is 13.3 Å². The summed E-state index contributed by atoms with van der Waals surface area (Å²) in [6, 6.07) is 14.2. The van der Waals surface area contributed by atoms with Gasteiger partial charge in [0.1, 0.15) is 23.3 Å². The van der Waals surface area contributed by atoms with Crippen molar-refractivity contribution in [1.29, 1.82) is 0 Å². The monoisotopic (exact) mass is 366 g/mol. The lowest BCUT2D eigenvalue weighted by Crippen LogP contribution is -2.09. The molecule has 4 rings (SSSR count). The van der Waals surface area contributed by atoms with Crippen molar-refractivity contribution >= 4 is 17.3 Å². The second-order valence-electron chi connectivity index (χ2n) is 6.15. The van der Waals surface area contributed by atoms with Gasteiger partial charge in [-0.3, -0.25) is 0 Å². The van der Waals surface area contributed by atoms with Gasteiger partial charge in [0.15, 0.2) is 11.5 Å². The number of ether oxygens (including phenoxy) is 2. The summed E-state index contributed by atoms with van der Waals surface area (Å²) >= 11 is 0. The smallest absolute Gasteiger partial charge is 0.231 e. The Morgan fingerprint density at radius 3 is 2.70 bits per heavy atom. The first kappa shape index (κ1) is 17.1. The third-order valence-corrected chi connectivity index (χ3v) is 4.14. The minimum atomic E-state index is -0.191. The van der Waals surface area contributed by atoms with Crippen LogP contribution in [0.2, 0.25) is 0 Å². The number of nitrogens with zero attached hydrogens (tertiary/aromatic N) is 2. The molecule has 3 aromatic rings. The topological polar surface area (TPSA) is 68.3 Å². The Bertz CT molecular complexity index is 964. The maximum absolute atomic E-state index is 13.7. The molecule has 0 amide bonds. The average Bonchev–Trinajstić information content (AvgIpc) is 3.11. The number of benzene rings is 2. The standard InChI is InChI=1S/C20H19FN4O2/c1-13-23-19(22-9-8-14-4-2-3-5-16(14)21)11-20(24-13)25-15-6-7-17-18(10-15)27-12-26-17/h2-7,10-11H,8-9,12H2,1H3,(H2,22,23,24,25). The van der Waals surface area contributed by atoms with Crippen LogP contribution in [0, 0.1) is 12.7 Å². The normalized spacial score (nSPS) is 12.1. The fourth-order valence-corrected chi connectivity index (χ4v) is 2.87. The van der Waals surface area contributed by atoms with Gasteiger partial charge in [0, 0.05) is 24.4 Å². The predicted octanol–water partition coefficient (Wildman–Crippen LogP) is 4.05. The minimum absolute atomic E-state index is 0.191. The van der Waals surface area contributed by atoms with E-state index in [0.29, 0.717) is 41.7 Å². The zero-order valence-electron chi connectivity index (χ0n) is 14.8. The molecule has 6 nitrogen and oxygen atoms in total. The number of fused-ring (bicyclic) bond motifs is 1. The SMILES string of the molecule is Cc1nc(NCCc2ccccc2F)cc(Nc2ccc3c(c2)OCO3)n1. The second kappa shape index (κ2) is 7.49. The molecule has 7 heteroatoms. The maximum Gasteiger partial charge on any atom is 0.231 e. The molecule has 0 spiro atoms. The molecule has 0 aliphatic carbocycles. The summed E-state index contributed by atoms with van der Waals surface area (Å²) in [6.07, 6.45) is 0.570. The number of aromatic nitrogens is 2. The molecule has 1 aliphatic rings. The van der Waals surface area contributed by atoms with Crippen LogP contribution in [0.3, 0.4) is 0 Å². The van der Waals surface area contributed by atoms with E-state index in [9.17, 15) is 4.39 Å². The molecule has 1 aromatic heterocycles. The van der Waals surface area contributed by atoms with Crippen molar-refractivity contribution in [3.8, 4) is 11.5 Å². The number of hydrogen-bond donors (Lipinski definition) is 2. The fourth-order valence-electron chi connectivity index (χ4n) is 2.87. The van der Waals surface area contributed by atoms with Crippen molar-refractivity contribution in [2.24, 2.45) is 0 Å². The van der Waals surface area contributed by atoms with E-state index in [1.165, 1.54) is 6.07 Å². The lowest BCUT2D eigenvalue weighted by molar-refractivity contribution is 0.174. The van der Waals surface area contributed by atoms with Crippen molar-refractivity contribution in [2.75, 3.05) is 24.0 Å². The van der Waals surface area contributed by atoms with Crippen LogP contribution < -0.4 is 20.1 Å². The summed E-state index contributed by atoms with van der Waals surface area (Å²) in [5.74, 6) is 3.22. The summed E-state index contributed by atoms with van der Waals surface area (Å²) < 4.78 is 24.4. The van der Waals surface area contributed by atoms with Crippen molar-refractivity contribution in [1.82, 2.24) is 9.97 Å². The van der Waals surface area contributed by atoms with E-state index in [4.69, 9.17) is 9.47 Å². The second-order valence-corrected chi connectivity index (χ2v) is 6.15. The van der Waals surface area contributed by atoms with Crippen LogP contribution in [0.25, 0.3) is 0 Å². The highest BCUT2D eigenvalue weighted by Crippen LogP contribution is 2.35. The predicted molar refractivity (Wildman–Crippen MR) is 101 cm³/mol. The van der Waals surface area contributed by atoms with Gasteiger partial charge in [0.2, 0.25) is 6.79 Å². The van der Waals surface area contributed by atoms with E-state index in [1.54, 1.807) is 12.1 Å². The average molecular weight is 366 g/mol. The molecule has 0 saturated carbocycles. The van der Waals surface area contributed by atoms with Crippen LogP contribution >= 0.6 is 0 Å².